The maximum atomic E-state index is 13.7. The lowest BCUT2D eigenvalue weighted by atomic mass is 10.0. The molecule has 1 aliphatic heterocycles. The van der Waals surface area contributed by atoms with Gasteiger partial charge in [-0.2, -0.15) is 0 Å². The molecule has 1 aliphatic rings. The molecule has 0 amide bonds. The Morgan fingerprint density at radius 3 is 2.53 bits per heavy atom. The van der Waals surface area contributed by atoms with E-state index in [0.717, 1.165) is 44.0 Å². The highest BCUT2D eigenvalue weighted by molar-refractivity contribution is 14.1. The van der Waals surface area contributed by atoms with Gasteiger partial charge in [-0.25, -0.2) is 0 Å². The monoisotopic (exact) mass is 782 g/mol. The van der Waals surface area contributed by atoms with E-state index in [9.17, 15) is 9.67 Å². The van der Waals surface area contributed by atoms with E-state index in [-0.39, 0.29) is 18.0 Å². The molecule has 1 fully saturated rings. The van der Waals surface area contributed by atoms with E-state index in [2.05, 4.69) is 45.2 Å². The van der Waals surface area contributed by atoms with Gasteiger partial charge in [-0.3, -0.25) is 9.09 Å². The number of phenolic OH excluding ortho intramolecular Hbond substituents is 1. The zero-order valence-electron chi connectivity index (χ0n) is 21.2. The first-order chi connectivity index (χ1) is 18.1. The smallest absolute Gasteiger partial charge is 0.368 e. The Morgan fingerprint density at radius 2 is 1.82 bits per heavy atom. The second-order valence-corrected chi connectivity index (χ2v) is 14.1. The summed E-state index contributed by atoms with van der Waals surface area (Å²) in [6.07, 6.45) is 2.86. The maximum absolute atomic E-state index is 13.7. The summed E-state index contributed by atoms with van der Waals surface area (Å²) in [5.41, 5.74) is 1.70. The van der Waals surface area contributed by atoms with Crippen LogP contribution < -0.4 is 9.47 Å². The van der Waals surface area contributed by atoms with E-state index in [4.69, 9.17) is 30.1 Å². The molecule has 3 aromatic carbocycles. The summed E-state index contributed by atoms with van der Waals surface area (Å²) in [6, 6.07) is 16.4. The third kappa shape index (κ3) is 8.01. The molecule has 0 bridgehead atoms. The van der Waals surface area contributed by atoms with Crippen LogP contribution in [0.3, 0.4) is 0 Å². The van der Waals surface area contributed by atoms with E-state index in [1.807, 2.05) is 50.2 Å². The van der Waals surface area contributed by atoms with Gasteiger partial charge in [0, 0.05) is 10.6 Å². The van der Waals surface area contributed by atoms with Crippen LogP contribution in [0.15, 0.2) is 54.6 Å². The van der Waals surface area contributed by atoms with Crippen LogP contribution in [0.5, 0.6) is 23.0 Å². The van der Waals surface area contributed by atoms with Gasteiger partial charge in [-0.15, -0.1) is 0 Å². The average molecular weight is 783 g/mol. The van der Waals surface area contributed by atoms with Gasteiger partial charge in [-0.05, 0) is 112 Å². The van der Waals surface area contributed by atoms with E-state index in [1.165, 1.54) is 0 Å². The molecule has 1 unspecified atom stereocenters. The van der Waals surface area contributed by atoms with Gasteiger partial charge < -0.3 is 19.1 Å². The minimum atomic E-state index is -3.56. The highest BCUT2D eigenvalue weighted by atomic mass is 127. The van der Waals surface area contributed by atoms with Crippen LogP contribution in [-0.4, -0.2) is 18.1 Å². The van der Waals surface area contributed by atoms with Crippen molar-refractivity contribution in [3.05, 3.63) is 77.9 Å². The standard InChI is InChI=1S/C28H30ClI2O6P/c1-18(2)23-14-21(10-11-26(23)32)36-28-24(30)15-22(16-25(28)31)34-17-38(33)35-12-5-3-4-9-27(37-38)19-7-6-8-20(29)13-19/h6-8,10-11,13-16,18,27,32H,3-5,9,12,17H2,1-2H3/t27-,38?/m0/s1. The summed E-state index contributed by atoms with van der Waals surface area (Å²) in [7, 11) is -3.56. The van der Waals surface area contributed by atoms with Crippen molar-refractivity contribution in [2.75, 3.05) is 13.0 Å². The molecular formula is C28H30ClI2O6P. The molecule has 0 aliphatic carbocycles. The number of aromatic hydroxyl groups is 1. The fraction of sp³-hybridized carbons (Fsp3) is 0.357. The predicted octanol–water partition coefficient (Wildman–Crippen LogP) is 10.0. The first-order valence-electron chi connectivity index (χ1n) is 12.4. The quantitative estimate of drug-likeness (QED) is 0.190. The summed E-state index contributed by atoms with van der Waals surface area (Å²) in [5, 5.41) is 10.7. The van der Waals surface area contributed by atoms with Crippen LogP contribution in [0.1, 0.15) is 62.7 Å². The van der Waals surface area contributed by atoms with Gasteiger partial charge in [0.15, 0.2) is 12.1 Å². The molecular weight excluding hydrogens is 753 g/mol. The topological polar surface area (TPSA) is 74.2 Å². The summed E-state index contributed by atoms with van der Waals surface area (Å²) >= 11 is 10.6. The maximum Gasteiger partial charge on any atom is 0.368 e. The van der Waals surface area contributed by atoms with Crippen molar-refractivity contribution in [2.24, 2.45) is 0 Å². The Bertz CT molecular complexity index is 1300. The summed E-state index contributed by atoms with van der Waals surface area (Å²) in [5.74, 6) is 2.28. The van der Waals surface area contributed by atoms with Crippen LogP contribution in [-0.2, 0) is 13.6 Å². The zero-order chi connectivity index (χ0) is 27.3. The Kier molecular flexibility index (Phi) is 10.7. The molecule has 0 radical (unpaired) electrons. The Labute approximate surface area is 256 Å². The number of ether oxygens (including phenoxy) is 2. The van der Waals surface area contributed by atoms with Crippen molar-refractivity contribution in [3.63, 3.8) is 0 Å². The van der Waals surface area contributed by atoms with Crippen LogP contribution in [0.4, 0.5) is 0 Å². The minimum absolute atomic E-state index is 0.163. The number of hydrogen-bond acceptors (Lipinski definition) is 6. The van der Waals surface area contributed by atoms with Crippen molar-refractivity contribution < 1.29 is 28.2 Å². The van der Waals surface area contributed by atoms with Crippen molar-refractivity contribution in [1.29, 1.82) is 0 Å². The fourth-order valence-electron chi connectivity index (χ4n) is 4.14. The highest BCUT2D eigenvalue weighted by Gasteiger charge is 2.32. The van der Waals surface area contributed by atoms with Gasteiger partial charge in [0.05, 0.1) is 19.9 Å². The Morgan fingerprint density at radius 1 is 1.05 bits per heavy atom. The zero-order valence-corrected chi connectivity index (χ0v) is 27.1. The third-order valence-corrected chi connectivity index (χ3v) is 9.54. The fourth-order valence-corrected chi connectivity index (χ4v) is 7.79. The Hall–Kier alpha value is -1.04. The van der Waals surface area contributed by atoms with Crippen molar-refractivity contribution in [1.82, 2.24) is 0 Å². The molecule has 1 saturated heterocycles. The van der Waals surface area contributed by atoms with Gasteiger partial charge in [0.2, 0.25) is 0 Å². The lowest BCUT2D eigenvalue weighted by Gasteiger charge is -2.24. The molecule has 4 rings (SSSR count). The molecule has 2 atom stereocenters. The molecule has 0 aromatic heterocycles. The normalized spacial score (nSPS) is 20.4. The summed E-state index contributed by atoms with van der Waals surface area (Å²) in [6.45, 7) is 4.40. The average Bonchev–Trinajstić information content (AvgIpc) is 2.96. The van der Waals surface area contributed by atoms with Crippen molar-refractivity contribution >= 4 is 64.4 Å². The molecule has 204 valence electrons. The SMILES string of the molecule is CC(C)c1cc(Oc2c(I)cc(OCP3(=O)OCCCCC[C@@H](c4cccc(Cl)c4)O3)cc2I)ccc1O. The first kappa shape index (κ1) is 29.9. The number of phenols is 1. The number of benzene rings is 3. The number of hydrogen-bond donors (Lipinski definition) is 1. The van der Waals surface area contributed by atoms with Crippen LogP contribution in [0.25, 0.3) is 0 Å². The lowest BCUT2D eigenvalue weighted by Crippen LogP contribution is -2.10. The molecule has 3 aromatic rings. The van der Waals surface area contributed by atoms with Crippen molar-refractivity contribution in [3.8, 4) is 23.0 Å². The highest BCUT2D eigenvalue weighted by Crippen LogP contribution is 2.54. The van der Waals surface area contributed by atoms with E-state index >= 15 is 0 Å². The summed E-state index contributed by atoms with van der Waals surface area (Å²) in [4.78, 5) is 0. The van der Waals surface area contributed by atoms with E-state index < -0.39 is 13.7 Å². The number of halogens is 3. The van der Waals surface area contributed by atoms with Gasteiger partial charge in [0.25, 0.3) is 0 Å². The predicted molar refractivity (Wildman–Crippen MR) is 167 cm³/mol. The van der Waals surface area contributed by atoms with Gasteiger partial charge in [-0.1, -0.05) is 50.4 Å². The second-order valence-electron chi connectivity index (χ2n) is 9.41. The molecule has 38 heavy (non-hydrogen) atoms. The Balaban J connectivity index is 1.50. The van der Waals surface area contributed by atoms with Crippen LogP contribution >= 0.6 is 64.4 Å². The molecule has 1 N–H and O–H groups in total. The molecule has 0 saturated carbocycles. The van der Waals surface area contributed by atoms with Crippen LogP contribution in [0, 0.1) is 7.14 Å². The van der Waals surface area contributed by atoms with Gasteiger partial charge >= 0.3 is 7.60 Å². The van der Waals surface area contributed by atoms with E-state index in [1.54, 1.807) is 18.2 Å². The van der Waals surface area contributed by atoms with Crippen molar-refractivity contribution in [2.45, 2.75) is 51.6 Å². The number of rotatable bonds is 7. The minimum Gasteiger partial charge on any atom is -0.508 e. The molecule has 1 heterocycles. The first-order valence-corrected chi connectivity index (χ1v) is 16.7. The second kappa shape index (κ2) is 13.5. The largest absolute Gasteiger partial charge is 0.508 e. The molecule has 0 spiro atoms. The van der Waals surface area contributed by atoms with E-state index in [0.29, 0.717) is 28.9 Å². The lowest BCUT2D eigenvalue weighted by molar-refractivity contribution is 0.135. The van der Waals surface area contributed by atoms with Gasteiger partial charge in [0.1, 0.15) is 17.2 Å². The summed E-state index contributed by atoms with van der Waals surface area (Å²) < 4.78 is 39.5. The molecule has 10 heteroatoms. The third-order valence-electron chi connectivity index (χ3n) is 6.11. The molecule has 6 nitrogen and oxygen atoms in total. The van der Waals surface area contributed by atoms with Crippen LogP contribution in [0.2, 0.25) is 5.02 Å².